The van der Waals surface area contributed by atoms with E-state index in [1.165, 1.54) is 55.6 Å². The van der Waals surface area contributed by atoms with Gasteiger partial charge in [0.2, 0.25) is 0 Å². The Balaban J connectivity index is 1.38. The van der Waals surface area contributed by atoms with Gasteiger partial charge in [-0.15, -0.1) is 0 Å². The summed E-state index contributed by atoms with van der Waals surface area (Å²) in [6.07, 6.45) is 0.562. The predicted molar refractivity (Wildman–Crippen MR) is 157 cm³/mol. The fourth-order valence-corrected chi connectivity index (χ4v) is 5.76. The maximum Gasteiger partial charge on any atom is 0.266 e. The predicted octanol–water partition coefficient (Wildman–Crippen LogP) is 0.0636. The van der Waals surface area contributed by atoms with Crippen LogP contribution in [-0.4, -0.2) is 18.3 Å². The van der Waals surface area contributed by atoms with Gasteiger partial charge in [-0.1, -0.05) is 6.92 Å². The molecule has 0 radical (unpaired) electrons. The first kappa shape index (κ1) is 25.2. The lowest BCUT2D eigenvalue weighted by Crippen LogP contribution is -2.25. The minimum atomic E-state index is -0.693. The van der Waals surface area contributed by atoms with Crippen molar-refractivity contribution in [1.82, 2.24) is 18.3 Å². The molecule has 42 heavy (non-hydrogen) atoms. The lowest BCUT2D eigenvalue weighted by Gasteiger charge is -2.04. The van der Waals surface area contributed by atoms with Gasteiger partial charge in [0.25, 0.3) is 44.5 Å². The van der Waals surface area contributed by atoms with E-state index in [0.717, 1.165) is 18.3 Å². The van der Waals surface area contributed by atoms with Gasteiger partial charge in [-0.05, 0) is 55.0 Å². The Kier molecular flexibility index (Phi) is 5.02. The lowest BCUT2D eigenvalue weighted by molar-refractivity contribution is 0.650. The van der Waals surface area contributed by atoms with Crippen molar-refractivity contribution < 1.29 is 0 Å². The summed E-state index contributed by atoms with van der Waals surface area (Å²) >= 11 is 0. The number of rotatable bonds is 4. The summed E-state index contributed by atoms with van der Waals surface area (Å²) in [6, 6.07) is 10.6. The van der Waals surface area contributed by atoms with Gasteiger partial charge in [0.15, 0.2) is 0 Å². The van der Waals surface area contributed by atoms with E-state index in [1.807, 2.05) is 6.92 Å². The summed E-state index contributed by atoms with van der Waals surface area (Å²) in [7, 11) is 1.31. The standard InChI is InChI=1S/C30H18N4O8/c1-3-8-32-25(37)17-11-21-22(12-18(17)26(32)38)30(42)34(29(21)41)14-6-4-13(5-7-14)33-27(39)19-9-15-16(10-20(19)28(33)40)24(36)31(2)23(15)35/h4-7,9-12H,3,8H2,1-2H3. The van der Waals surface area contributed by atoms with Gasteiger partial charge in [-0.3, -0.25) is 47.5 Å². The van der Waals surface area contributed by atoms with Gasteiger partial charge in [-0.25, -0.2) is 9.13 Å². The fourth-order valence-electron chi connectivity index (χ4n) is 5.76. The van der Waals surface area contributed by atoms with E-state index >= 15 is 0 Å². The molecule has 0 unspecified atom stereocenters. The smallest absolute Gasteiger partial charge is 0.266 e. The van der Waals surface area contributed by atoms with E-state index in [1.54, 1.807) is 0 Å². The second-order valence-electron chi connectivity index (χ2n) is 10.2. The second-order valence-corrected chi connectivity index (χ2v) is 10.2. The largest absolute Gasteiger partial charge is 0.277 e. The van der Waals surface area contributed by atoms with Crippen LogP contribution in [-0.2, 0) is 13.6 Å². The molecule has 206 valence electrons. The number of nitrogens with zero attached hydrogens (tertiary/aromatic N) is 4. The highest BCUT2D eigenvalue weighted by atomic mass is 16.2. The molecule has 0 aliphatic rings. The number of benzene rings is 3. The van der Waals surface area contributed by atoms with Gasteiger partial charge < -0.3 is 0 Å². The molecular weight excluding hydrogens is 544 g/mol. The molecular formula is C30H18N4O8. The van der Waals surface area contributed by atoms with Crippen LogP contribution in [0.15, 0.2) is 86.9 Å². The minimum absolute atomic E-state index is 0.00883. The second kappa shape index (κ2) is 8.36. The van der Waals surface area contributed by atoms with E-state index in [-0.39, 0.29) is 61.0 Å². The first-order chi connectivity index (χ1) is 20.0. The summed E-state index contributed by atoms with van der Waals surface area (Å²) in [5, 5.41) is 0.157. The third-order valence-corrected chi connectivity index (χ3v) is 7.88. The van der Waals surface area contributed by atoms with Gasteiger partial charge >= 0.3 is 0 Å². The first-order valence-corrected chi connectivity index (χ1v) is 13.0. The molecule has 0 N–H and O–H groups in total. The number of aromatic nitrogens is 4. The molecule has 12 nitrogen and oxygen atoms in total. The molecule has 3 aromatic carbocycles. The van der Waals surface area contributed by atoms with Crippen molar-refractivity contribution in [2.75, 3.05) is 0 Å². The molecule has 4 aromatic heterocycles. The normalized spacial score (nSPS) is 12.0. The Morgan fingerprint density at radius 2 is 0.738 bits per heavy atom. The van der Waals surface area contributed by atoms with Crippen LogP contribution in [0.2, 0.25) is 0 Å². The maximum absolute atomic E-state index is 13.3. The Morgan fingerprint density at radius 3 is 1.05 bits per heavy atom. The Morgan fingerprint density at radius 1 is 0.452 bits per heavy atom. The van der Waals surface area contributed by atoms with E-state index in [2.05, 4.69) is 0 Å². The van der Waals surface area contributed by atoms with Gasteiger partial charge in [0.1, 0.15) is 0 Å². The molecule has 0 aliphatic heterocycles. The monoisotopic (exact) mass is 562 g/mol. The van der Waals surface area contributed by atoms with E-state index in [9.17, 15) is 38.4 Å². The average molecular weight is 562 g/mol. The van der Waals surface area contributed by atoms with Crippen LogP contribution in [0.4, 0.5) is 0 Å². The zero-order chi connectivity index (χ0) is 29.8. The first-order valence-electron chi connectivity index (χ1n) is 13.0. The van der Waals surface area contributed by atoms with Crippen LogP contribution < -0.4 is 44.5 Å². The molecule has 0 atom stereocenters. The molecule has 0 saturated heterocycles. The summed E-state index contributed by atoms with van der Waals surface area (Å²) < 4.78 is 3.78. The molecule has 12 heteroatoms. The van der Waals surface area contributed by atoms with Crippen molar-refractivity contribution in [1.29, 1.82) is 0 Å². The van der Waals surface area contributed by atoms with Crippen LogP contribution in [0.1, 0.15) is 13.3 Å². The molecule has 0 fully saturated rings. The van der Waals surface area contributed by atoms with Crippen LogP contribution in [0.25, 0.3) is 54.5 Å². The molecule has 7 aromatic rings. The third kappa shape index (κ3) is 3.05. The van der Waals surface area contributed by atoms with Crippen LogP contribution in [0.5, 0.6) is 0 Å². The highest BCUT2D eigenvalue weighted by molar-refractivity contribution is 5.99. The van der Waals surface area contributed by atoms with Crippen molar-refractivity contribution in [2.45, 2.75) is 19.9 Å². The van der Waals surface area contributed by atoms with Crippen molar-refractivity contribution in [3.8, 4) is 11.4 Å². The molecule has 0 bridgehead atoms. The van der Waals surface area contributed by atoms with Gasteiger partial charge in [-0.2, -0.15) is 0 Å². The van der Waals surface area contributed by atoms with Crippen molar-refractivity contribution in [3.05, 3.63) is 131 Å². The highest BCUT2D eigenvalue weighted by Crippen LogP contribution is 2.19. The highest BCUT2D eigenvalue weighted by Gasteiger charge is 2.22. The summed E-state index contributed by atoms with van der Waals surface area (Å²) in [4.78, 5) is 103. The molecule has 0 saturated carbocycles. The van der Waals surface area contributed by atoms with Crippen molar-refractivity contribution in [2.24, 2.45) is 7.05 Å². The lowest BCUT2D eigenvalue weighted by atomic mass is 10.1. The van der Waals surface area contributed by atoms with Crippen molar-refractivity contribution >= 4 is 43.1 Å². The summed E-state index contributed by atoms with van der Waals surface area (Å²) in [5.74, 6) is 0. The summed E-state index contributed by atoms with van der Waals surface area (Å²) in [6.45, 7) is 2.04. The number of hydrogen-bond acceptors (Lipinski definition) is 8. The summed E-state index contributed by atoms with van der Waals surface area (Å²) in [5.41, 5.74) is -4.65. The third-order valence-electron chi connectivity index (χ3n) is 7.88. The van der Waals surface area contributed by atoms with E-state index in [4.69, 9.17) is 0 Å². The quantitative estimate of drug-likeness (QED) is 0.292. The molecule has 7 rings (SSSR count). The minimum Gasteiger partial charge on any atom is -0.277 e. The van der Waals surface area contributed by atoms with Gasteiger partial charge in [0, 0.05) is 13.6 Å². The van der Waals surface area contributed by atoms with Gasteiger partial charge in [0.05, 0.1) is 54.5 Å². The van der Waals surface area contributed by atoms with E-state index in [0.29, 0.717) is 6.42 Å². The van der Waals surface area contributed by atoms with Crippen LogP contribution in [0, 0.1) is 0 Å². The number of fused-ring (bicyclic) bond motifs is 4. The van der Waals surface area contributed by atoms with E-state index < -0.39 is 44.5 Å². The number of hydrogen-bond donors (Lipinski definition) is 0. The zero-order valence-electron chi connectivity index (χ0n) is 22.1. The Labute approximate surface area is 231 Å². The maximum atomic E-state index is 13.3. The Bertz CT molecular complexity index is 2600. The molecule has 0 amide bonds. The molecule has 4 heterocycles. The Hall–Kier alpha value is -5.78. The van der Waals surface area contributed by atoms with Crippen molar-refractivity contribution in [3.63, 3.8) is 0 Å². The fraction of sp³-hybridized carbons (Fsp3) is 0.133. The zero-order valence-corrected chi connectivity index (χ0v) is 22.1. The van der Waals surface area contributed by atoms with Crippen LogP contribution in [0.3, 0.4) is 0 Å². The molecule has 0 spiro atoms. The SMILES string of the molecule is CCCn1c(=O)c2cc3c(=O)n(-c4ccc(-n5c(=O)c6cc7c(=O)n(C)c(=O)c7cc6c5=O)cc4)c(=O)c3cc2c1=O. The van der Waals surface area contributed by atoms with Crippen LogP contribution >= 0.6 is 0 Å². The average Bonchev–Trinajstić information content (AvgIpc) is 3.56. The molecule has 0 aliphatic carbocycles. The topological polar surface area (TPSA) is 156 Å².